The highest BCUT2D eigenvalue weighted by Gasteiger charge is 2.08. The molecule has 0 saturated heterocycles. The highest BCUT2D eigenvalue weighted by atomic mass is 32.1. The van der Waals surface area contributed by atoms with E-state index in [4.69, 9.17) is 4.74 Å². The number of amides is 1. The number of carbonyl (C=O) groups is 1. The average Bonchev–Trinajstić information content (AvgIpc) is 3.03. The normalized spacial score (nSPS) is 12.1. The second-order valence-corrected chi connectivity index (χ2v) is 6.99. The zero-order chi connectivity index (χ0) is 20.8. The summed E-state index contributed by atoms with van der Waals surface area (Å²) in [5.74, 6) is -0.841. The van der Waals surface area contributed by atoms with Crippen LogP contribution in [0.2, 0.25) is 0 Å². The fraction of sp³-hybridized carbons (Fsp3) is 0.200. The number of hydrogen-bond acceptors (Lipinski definition) is 5. The molecule has 3 rings (SSSR count). The van der Waals surface area contributed by atoms with Crippen molar-refractivity contribution in [2.45, 2.75) is 13.5 Å². The van der Waals surface area contributed by atoms with E-state index in [2.05, 4.69) is 4.99 Å². The molecule has 0 unspecified atom stereocenters. The Morgan fingerprint density at radius 3 is 2.76 bits per heavy atom. The molecule has 0 radical (unpaired) electrons. The van der Waals surface area contributed by atoms with E-state index in [1.807, 2.05) is 11.5 Å². The molecule has 0 saturated carbocycles. The first-order valence-electron chi connectivity index (χ1n) is 8.86. The van der Waals surface area contributed by atoms with Gasteiger partial charge < -0.3 is 9.30 Å². The summed E-state index contributed by atoms with van der Waals surface area (Å²) in [6, 6.07) is 10.3. The van der Waals surface area contributed by atoms with Gasteiger partial charge in [0, 0.05) is 31.4 Å². The summed E-state index contributed by atoms with van der Waals surface area (Å²) in [7, 11) is 0. The van der Waals surface area contributed by atoms with Crippen molar-refractivity contribution in [3.05, 3.63) is 74.8 Å². The van der Waals surface area contributed by atoms with Crippen molar-refractivity contribution in [1.82, 2.24) is 4.57 Å². The molecule has 0 bridgehead atoms. The topological polar surface area (TPSA) is 86.7 Å². The lowest BCUT2D eigenvalue weighted by Gasteiger charge is -2.05. The quantitative estimate of drug-likeness (QED) is 0.253. The number of rotatable bonds is 7. The van der Waals surface area contributed by atoms with Crippen LogP contribution in [0, 0.1) is 15.9 Å². The van der Waals surface area contributed by atoms with Crippen molar-refractivity contribution in [2.75, 3.05) is 13.2 Å². The van der Waals surface area contributed by atoms with Crippen LogP contribution < -0.4 is 4.80 Å². The minimum atomic E-state index is -0.487. The average molecular weight is 415 g/mol. The second kappa shape index (κ2) is 9.35. The van der Waals surface area contributed by atoms with Crippen LogP contribution in [0.1, 0.15) is 12.5 Å². The molecule has 0 atom stereocenters. The van der Waals surface area contributed by atoms with E-state index in [-0.39, 0.29) is 11.5 Å². The molecule has 0 aliphatic rings. The van der Waals surface area contributed by atoms with Gasteiger partial charge in [0.15, 0.2) is 4.80 Å². The maximum Gasteiger partial charge on any atom is 0.272 e. The first-order chi connectivity index (χ1) is 14.0. The third-order valence-electron chi connectivity index (χ3n) is 4.04. The summed E-state index contributed by atoms with van der Waals surface area (Å²) in [5, 5.41) is 10.7. The van der Waals surface area contributed by atoms with Crippen LogP contribution in [0.4, 0.5) is 10.1 Å². The zero-order valence-electron chi connectivity index (χ0n) is 15.6. The summed E-state index contributed by atoms with van der Waals surface area (Å²) in [5.41, 5.74) is 1.40. The Bertz CT molecular complexity index is 1130. The molecule has 1 heterocycles. The van der Waals surface area contributed by atoms with E-state index in [0.717, 1.165) is 5.52 Å². The van der Waals surface area contributed by atoms with E-state index in [1.165, 1.54) is 47.8 Å². The molecule has 0 fully saturated rings. The van der Waals surface area contributed by atoms with Gasteiger partial charge in [0.25, 0.3) is 11.6 Å². The van der Waals surface area contributed by atoms with Crippen molar-refractivity contribution < 1.29 is 18.8 Å². The van der Waals surface area contributed by atoms with E-state index >= 15 is 0 Å². The van der Waals surface area contributed by atoms with Gasteiger partial charge in [-0.1, -0.05) is 11.3 Å². The smallest absolute Gasteiger partial charge is 0.272 e. The lowest BCUT2D eigenvalue weighted by Crippen LogP contribution is -2.19. The Hall–Kier alpha value is -3.17. The Morgan fingerprint density at radius 1 is 1.31 bits per heavy atom. The number of halogens is 1. The maximum absolute atomic E-state index is 13.6. The molecule has 7 nitrogen and oxygen atoms in total. The summed E-state index contributed by atoms with van der Waals surface area (Å²) in [6.45, 7) is 3.39. The second-order valence-electron chi connectivity index (χ2n) is 5.98. The molecule has 3 aromatic rings. The lowest BCUT2D eigenvalue weighted by molar-refractivity contribution is -0.384. The lowest BCUT2D eigenvalue weighted by atomic mass is 10.2. The van der Waals surface area contributed by atoms with Crippen molar-refractivity contribution in [3.8, 4) is 0 Å². The molecule has 9 heteroatoms. The van der Waals surface area contributed by atoms with Crippen LogP contribution in [-0.4, -0.2) is 28.6 Å². The number of carbonyl (C=O) groups excluding carboxylic acids is 1. The number of benzene rings is 2. The van der Waals surface area contributed by atoms with Crippen LogP contribution in [0.5, 0.6) is 0 Å². The Kier molecular flexibility index (Phi) is 6.63. The molecule has 0 aliphatic heterocycles. The fourth-order valence-corrected chi connectivity index (χ4v) is 3.74. The molecular formula is C20H18FN3O4S. The van der Waals surface area contributed by atoms with E-state index in [1.54, 1.807) is 18.2 Å². The Labute approximate surface area is 169 Å². The summed E-state index contributed by atoms with van der Waals surface area (Å²) < 4.78 is 21.5. The number of aromatic nitrogens is 1. The highest BCUT2D eigenvalue weighted by Crippen LogP contribution is 2.19. The number of fused-ring (bicyclic) bond motifs is 1. The van der Waals surface area contributed by atoms with E-state index in [9.17, 15) is 19.3 Å². The molecule has 1 aromatic heterocycles. The zero-order valence-corrected chi connectivity index (χ0v) is 16.4. The van der Waals surface area contributed by atoms with Gasteiger partial charge in [0.05, 0.1) is 21.7 Å². The number of nitro groups is 1. The van der Waals surface area contributed by atoms with Crippen LogP contribution in [-0.2, 0) is 16.1 Å². The number of nitro benzene ring substituents is 1. The van der Waals surface area contributed by atoms with Crippen LogP contribution in [0.25, 0.3) is 16.3 Å². The van der Waals surface area contributed by atoms with Gasteiger partial charge in [-0.2, -0.15) is 4.99 Å². The maximum atomic E-state index is 13.6. The number of thiazole rings is 1. The molecule has 0 spiro atoms. The third kappa shape index (κ3) is 5.21. The summed E-state index contributed by atoms with van der Waals surface area (Å²) in [4.78, 5) is 27.1. The molecular weight excluding hydrogens is 397 g/mol. The SMILES string of the molecule is CCOCCn1c(=NC(=O)C=Cc2ccc([N+](=O)[O-])cc2)sc2cc(F)ccc21. The van der Waals surface area contributed by atoms with Crippen molar-refractivity contribution in [3.63, 3.8) is 0 Å². The van der Waals surface area contributed by atoms with Gasteiger partial charge in [0.1, 0.15) is 5.82 Å². The molecule has 150 valence electrons. The molecule has 0 N–H and O–H groups in total. The number of nitrogens with zero attached hydrogens (tertiary/aromatic N) is 3. The van der Waals surface area contributed by atoms with Gasteiger partial charge >= 0.3 is 0 Å². The Balaban J connectivity index is 1.88. The van der Waals surface area contributed by atoms with E-state index < -0.39 is 10.8 Å². The number of ether oxygens (including phenoxy) is 1. The predicted octanol–water partition coefficient (Wildman–Crippen LogP) is 3.93. The van der Waals surface area contributed by atoms with Gasteiger partial charge in [-0.05, 0) is 48.9 Å². The molecule has 29 heavy (non-hydrogen) atoms. The number of non-ortho nitro benzene ring substituents is 1. The van der Waals surface area contributed by atoms with Crippen LogP contribution >= 0.6 is 11.3 Å². The summed E-state index contributed by atoms with van der Waals surface area (Å²) in [6.07, 6.45) is 2.83. The fourth-order valence-electron chi connectivity index (χ4n) is 2.65. The third-order valence-corrected chi connectivity index (χ3v) is 5.08. The van der Waals surface area contributed by atoms with Crippen LogP contribution in [0.15, 0.2) is 53.5 Å². The first-order valence-corrected chi connectivity index (χ1v) is 9.67. The standard InChI is InChI=1S/C20H18FN3O4S/c1-2-28-12-11-23-17-9-6-15(21)13-18(17)29-20(23)22-19(25)10-5-14-3-7-16(8-4-14)24(26)27/h3-10,13H,2,11-12H2,1H3. The minimum Gasteiger partial charge on any atom is -0.380 e. The van der Waals surface area contributed by atoms with Crippen molar-refractivity contribution >= 4 is 39.2 Å². The highest BCUT2D eigenvalue weighted by molar-refractivity contribution is 7.16. The molecule has 2 aromatic carbocycles. The van der Waals surface area contributed by atoms with Gasteiger partial charge in [-0.25, -0.2) is 4.39 Å². The van der Waals surface area contributed by atoms with Gasteiger partial charge in [0.2, 0.25) is 0 Å². The number of hydrogen-bond donors (Lipinski definition) is 0. The monoisotopic (exact) mass is 415 g/mol. The van der Waals surface area contributed by atoms with Crippen molar-refractivity contribution in [1.29, 1.82) is 0 Å². The first kappa shape index (κ1) is 20.6. The minimum absolute atomic E-state index is 0.0222. The summed E-state index contributed by atoms with van der Waals surface area (Å²) >= 11 is 1.22. The molecule has 1 amide bonds. The molecule has 0 aliphatic carbocycles. The van der Waals surface area contributed by atoms with Crippen molar-refractivity contribution in [2.24, 2.45) is 4.99 Å². The van der Waals surface area contributed by atoms with Gasteiger partial charge in [-0.3, -0.25) is 14.9 Å². The van der Waals surface area contributed by atoms with E-state index in [0.29, 0.717) is 34.8 Å². The van der Waals surface area contributed by atoms with Crippen LogP contribution in [0.3, 0.4) is 0 Å². The van der Waals surface area contributed by atoms with Gasteiger partial charge in [-0.15, -0.1) is 0 Å². The Morgan fingerprint density at radius 2 is 2.07 bits per heavy atom. The largest absolute Gasteiger partial charge is 0.380 e. The predicted molar refractivity (Wildman–Crippen MR) is 109 cm³/mol.